The van der Waals surface area contributed by atoms with E-state index in [0.29, 0.717) is 0 Å². The van der Waals surface area contributed by atoms with Gasteiger partial charge in [0.15, 0.2) is 0 Å². The molecule has 3 amide bonds. The monoisotopic (exact) mass is 229 g/mol. The zero-order valence-electron chi connectivity index (χ0n) is 7.47. The van der Waals surface area contributed by atoms with Crippen LogP contribution in [-0.4, -0.2) is 42.4 Å². The zero-order valence-corrected chi connectivity index (χ0v) is 7.47. The van der Waals surface area contributed by atoms with Crippen molar-refractivity contribution in [2.24, 2.45) is 5.73 Å². The van der Waals surface area contributed by atoms with Crippen LogP contribution in [0.15, 0.2) is 0 Å². The molecule has 0 radical (unpaired) electrons. The summed E-state index contributed by atoms with van der Waals surface area (Å²) in [4.78, 5) is 20.9. The van der Waals surface area contributed by atoms with Crippen LogP contribution in [0.2, 0.25) is 0 Å². The Hall–Kier alpha value is -1.51. The van der Waals surface area contributed by atoms with Crippen LogP contribution in [0.5, 0.6) is 0 Å². The van der Waals surface area contributed by atoms with Gasteiger partial charge in [0.05, 0.1) is 6.54 Å². The van der Waals surface area contributed by atoms with Crippen LogP contribution in [0.3, 0.4) is 0 Å². The van der Waals surface area contributed by atoms with E-state index in [1.54, 1.807) is 0 Å². The van der Waals surface area contributed by atoms with Gasteiger partial charge in [0.1, 0.15) is 12.6 Å². The Kier molecular flexibility index (Phi) is 4.85. The molecule has 0 aliphatic rings. The van der Waals surface area contributed by atoms with Gasteiger partial charge in [-0.05, 0) is 0 Å². The predicted octanol–water partition coefficient (Wildman–Crippen LogP) is -1.31. The normalized spacial score (nSPS) is 13.1. The molecule has 1 unspecified atom stereocenters. The highest BCUT2D eigenvalue weighted by Gasteiger charge is 2.27. The number of rotatable bonds is 4. The summed E-state index contributed by atoms with van der Waals surface area (Å²) in [5.74, 6) is -1.08. The van der Waals surface area contributed by atoms with Crippen molar-refractivity contribution in [2.75, 3.05) is 13.1 Å². The average Bonchev–Trinajstić information content (AvgIpc) is 2.09. The second kappa shape index (κ2) is 5.39. The quantitative estimate of drug-likeness (QED) is 0.481. The van der Waals surface area contributed by atoms with Gasteiger partial charge < -0.3 is 21.5 Å². The van der Waals surface area contributed by atoms with Crippen molar-refractivity contribution in [1.29, 1.82) is 0 Å². The van der Waals surface area contributed by atoms with Crippen molar-refractivity contribution in [2.45, 2.75) is 12.3 Å². The molecule has 5 N–H and O–H groups in total. The fraction of sp³-hybridized carbons (Fsp3) is 0.667. The van der Waals surface area contributed by atoms with E-state index < -0.39 is 37.3 Å². The summed E-state index contributed by atoms with van der Waals surface area (Å²) >= 11 is 0. The standard InChI is InChI=1S/C6H10F3N3O3/c7-6(8,9)2-12-5(15)11-1-3(13)4(10)14/h3,13H,1-2H2,(H2,10,14)(H2,11,12,15). The first-order chi connectivity index (χ1) is 6.72. The van der Waals surface area contributed by atoms with Gasteiger partial charge in [-0.1, -0.05) is 0 Å². The van der Waals surface area contributed by atoms with Crippen LogP contribution in [0, 0.1) is 0 Å². The third-order valence-electron chi connectivity index (χ3n) is 1.23. The fourth-order valence-electron chi connectivity index (χ4n) is 0.533. The number of carbonyl (C=O) groups excluding carboxylic acids is 2. The number of halogens is 3. The smallest absolute Gasteiger partial charge is 0.381 e. The maximum atomic E-state index is 11.6. The fourth-order valence-corrected chi connectivity index (χ4v) is 0.533. The van der Waals surface area contributed by atoms with Crippen LogP contribution in [0.4, 0.5) is 18.0 Å². The number of primary amides is 1. The summed E-state index contributed by atoms with van der Waals surface area (Å²) in [5.41, 5.74) is 4.62. The van der Waals surface area contributed by atoms with Gasteiger partial charge in [-0.3, -0.25) is 4.79 Å². The van der Waals surface area contributed by atoms with Crippen molar-refractivity contribution in [1.82, 2.24) is 10.6 Å². The molecule has 15 heavy (non-hydrogen) atoms. The van der Waals surface area contributed by atoms with Gasteiger partial charge in [-0.2, -0.15) is 13.2 Å². The van der Waals surface area contributed by atoms with E-state index >= 15 is 0 Å². The lowest BCUT2D eigenvalue weighted by molar-refractivity contribution is -0.126. The maximum Gasteiger partial charge on any atom is 0.405 e. The SMILES string of the molecule is NC(=O)C(O)CNC(=O)NCC(F)(F)F. The zero-order chi connectivity index (χ0) is 12.1. The topological polar surface area (TPSA) is 104 Å². The summed E-state index contributed by atoms with van der Waals surface area (Å²) < 4.78 is 34.7. The first-order valence-corrected chi connectivity index (χ1v) is 3.78. The van der Waals surface area contributed by atoms with Gasteiger partial charge in [-0.15, -0.1) is 0 Å². The Morgan fingerprint density at radius 1 is 1.33 bits per heavy atom. The molecule has 0 heterocycles. The van der Waals surface area contributed by atoms with Crippen molar-refractivity contribution in [3.8, 4) is 0 Å². The van der Waals surface area contributed by atoms with Gasteiger partial charge in [0, 0.05) is 0 Å². The lowest BCUT2D eigenvalue weighted by Crippen LogP contribution is -2.46. The number of nitrogens with two attached hydrogens (primary N) is 1. The number of carbonyl (C=O) groups is 2. The van der Waals surface area contributed by atoms with Crippen LogP contribution in [0.1, 0.15) is 0 Å². The van der Waals surface area contributed by atoms with Crippen molar-refractivity contribution in [3.63, 3.8) is 0 Å². The van der Waals surface area contributed by atoms with E-state index in [2.05, 4.69) is 5.73 Å². The third-order valence-corrected chi connectivity index (χ3v) is 1.23. The largest absolute Gasteiger partial charge is 0.405 e. The molecule has 0 saturated carbocycles. The third kappa shape index (κ3) is 7.55. The molecular formula is C6H10F3N3O3. The molecule has 0 bridgehead atoms. The summed E-state index contributed by atoms with van der Waals surface area (Å²) in [5, 5.41) is 12.1. The van der Waals surface area contributed by atoms with Crippen molar-refractivity contribution in [3.05, 3.63) is 0 Å². The lowest BCUT2D eigenvalue weighted by Gasteiger charge is -2.11. The van der Waals surface area contributed by atoms with Gasteiger partial charge in [0.25, 0.3) is 0 Å². The first-order valence-electron chi connectivity index (χ1n) is 3.78. The molecule has 0 aromatic rings. The summed E-state index contributed by atoms with van der Waals surface area (Å²) in [6.07, 6.45) is -6.14. The van der Waals surface area contributed by atoms with Crippen LogP contribution in [0.25, 0.3) is 0 Å². The number of aliphatic hydroxyl groups is 1. The number of hydrogen-bond acceptors (Lipinski definition) is 3. The molecule has 0 aliphatic carbocycles. The molecule has 6 nitrogen and oxygen atoms in total. The van der Waals surface area contributed by atoms with E-state index in [1.807, 2.05) is 5.32 Å². The molecule has 0 saturated heterocycles. The summed E-state index contributed by atoms with van der Waals surface area (Å²) in [6.45, 7) is -2.04. The molecule has 0 aliphatic heterocycles. The highest BCUT2D eigenvalue weighted by atomic mass is 19.4. The Balaban J connectivity index is 3.72. The number of urea groups is 1. The minimum atomic E-state index is -4.51. The Labute approximate surface area is 82.6 Å². The molecule has 0 spiro atoms. The molecule has 0 fully saturated rings. The van der Waals surface area contributed by atoms with Gasteiger partial charge in [0.2, 0.25) is 5.91 Å². The van der Waals surface area contributed by atoms with Crippen LogP contribution in [-0.2, 0) is 4.79 Å². The van der Waals surface area contributed by atoms with Gasteiger partial charge in [-0.25, -0.2) is 4.79 Å². The minimum absolute atomic E-state index is 0.543. The van der Waals surface area contributed by atoms with Crippen LogP contribution < -0.4 is 16.4 Å². The lowest BCUT2D eigenvalue weighted by atomic mass is 10.3. The second-order valence-electron chi connectivity index (χ2n) is 2.60. The van der Waals surface area contributed by atoms with Gasteiger partial charge >= 0.3 is 12.2 Å². The summed E-state index contributed by atoms with van der Waals surface area (Å²) in [7, 11) is 0. The number of aliphatic hydroxyl groups excluding tert-OH is 1. The number of amides is 3. The molecule has 0 aromatic heterocycles. The molecule has 9 heteroatoms. The van der Waals surface area contributed by atoms with E-state index in [4.69, 9.17) is 5.11 Å². The Morgan fingerprint density at radius 3 is 2.27 bits per heavy atom. The minimum Gasteiger partial charge on any atom is -0.381 e. The molecular weight excluding hydrogens is 219 g/mol. The predicted molar refractivity (Wildman–Crippen MR) is 42.7 cm³/mol. The molecule has 88 valence electrons. The second-order valence-corrected chi connectivity index (χ2v) is 2.60. The highest BCUT2D eigenvalue weighted by molar-refractivity contribution is 5.80. The molecule has 0 aromatic carbocycles. The Morgan fingerprint density at radius 2 is 1.87 bits per heavy atom. The first kappa shape index (κ1) is 13.5. The average molecular weight is 229 g/mol. The number of hydrogen-bond donors (Lipinski definition) is 4. The van der Waals surface area contributed by atoms with Crippen LogP contribution >= 0.6 is 0 Å². The van der Waals surface area contributed by atoms with E-state index in [1.165, 1.54) is 5.32 Å². The molecule has 1 atom stereocenters. The maximum absolute atomic E-state index is 11.6. The van der Waals surface area contributed by atoms with Crippen molar-refractivity contribution >= 4 is 11.9 Å². The van der Waals surface area contributed by atoms with E-state index in [0.717, 1.165) is 0 Å². The number of nitrogens with one attached hydrogen (secondary N) is 2. The number of alkyl halides is 3. The highest BCUT2D eigenvalue weighted by Crippen LogP contribution is 2.11. The van der Waals surface area contributed by atoms with E-state index in [9.17, 15) is 22.8 Å². The molecule has 0 rings (SSSR count). The Bertz CT molecular complexity index is 244. The summed E-state index contributed by atoms with van der Waals surface area (Å²) in [6, 6.07) is -1.15. The van der Waals surface area contributed by atoms with E-state index in [-0.39, 0.29) is 0 Å². The van der Waals surface area contributed by atoms with Crippen molar-refractivity contribution < 1.29 is 27.9 Å².